The molecule has 4 saturated carbocycles. The van der Waals surface area contributed by atoms with Crippen LogP contribution in [0.4, 0.5) is 0 Å². The van der Waals surface area contributed by atoms with E-state index in [0.29, 0.717) is 41.9 Å². The van der Waals surface area contributed by atoms with Crippen LogP contribution in [0.5, 0.6) is 0 Å². The third kappa shape index (κ3) is 5.96. The predicted octanol–water partition coefficient (Wildman–Crippen LogP) is 6.60. The fourth-order valence-electron chi connectivity index (χ4n) is 11.0. The summed E-state index contributed by atoms with van der Waals surface area (Å²) in [6.07, 6.45) is 10.1. The molecule has 0 aliphatic heterocycles. The first-order valence-corrected chi connectivity index (χ1v) is 18.3. The lowest BCUT2D eigenvalue weighted by Gasteiger charge is -2.64. The summed E-state index contributed by atoms with van der Waals surface area (Å²) in [6.45, 7) is 9.55. The molecule has 4 aliphatic carbocycles. The largest absolute Gasteiger partial charge is 0.393 e. The minimum absolute atomic E-state index is 0.0783. The van der Waals surface area contributed by atoms with E-state index in [9.17, 15) is 23.4 Å². The molecule has 0 radical (unpaired) electrons. The molecular weight excluding hydrogens is 532 g/mol. The maximum Gasteiger partial charge on any atom is 0.161 e. The second kappa shape index (κ2) is 12.0. The first kappa shape index (κ1) is 31.2. The van der Waals surface area contributed by atoms with Crippen molar-refractivity contribution >= 4 is 15.6 Å². The van der Waals surface area contributed by atoms with Gasteiger partial charge in [-0.05, 0) is 109 Å². The van der Waals surface area contributed by atoms with Crippen molar-refractivity contribution in [1.82, 2.24) is 0 Å². The van der Waals surface area contributed by atoms with Crippen LogP contribution in [0, 0.1) is 52.3 Å². The Balaban J connectivity index is 1.20. The number of ketones is 1. The molecule has 0 bridgehead atoms. The molecule has 1 aromatic rings. The van der Waals surface area contributed by atoms with E-state index in [4.69, 9.17) is 0 Å². The number of hydrogen-bond donors (Lipinski definition) is 2. The van der Waals surface area contributed by atoms with Crippen LogP contribution in [0.2, 0.25) is 0 Å². The van der Waals surface area contributed by atoms with Gasteiger partial charge in [-0.25, -0.2) is 8.42 Å². The molecule has 4 aliphatic rings. The Hall–Kier alpha value is -1.24. The highest BCUT2D eigenvalue weighted by molar-refractivity contribution is 7.91. The van der Waals surface area contributed by atoms with Crippen molar-refractivity contribution in [2.24, 2.45) is 52.3 Å². The predicted molar refractivity (Wildman–Crippen MR) is 164 cm³/mol. The van der Waals surface area contributed by atoms with E-state index in [1.54, 1.807) is 12.1 Å². The third-order valence-corrected chi connectivity index (χ3v) is 14.4. The molecule has 41 heavy (non-hydrogen) atoms. The Morgan fingerprint density at radius 3 is 2.37 bits per heavy atom. The van der Waals surface area contributed by atoms with Gasteiger partial charge < -0.3 is 10.2 Å². The summed E-state index contributed by atoms with van der Waals surface area (Å²) in [5.74, 6) is 2.57. The lowest BCUT2D eigenvalue weighted by Crippen LogP contribution is -2.62. The quantitative estimate of drug-likeness (QED) is 0.322. The molecule has 0 spiro atoms. The average Bonchev–Trinajstić information content (AvgIpc) is 3.27. The molecule has 0 saturated heterocycles. The zero-order chi connectivity index (χ0) is 29.6. The third-order valence-electron chi connectivity index (χ3n) is 12.9. The average molecular weight is 587 g/mol. The zero-order valence-electron chi connectivity index (χ0n) is 25.8. The fraction of sp³-hybridized carbons (Fsp3) is 0.800. The van der Waals surface area contributed by atoms with Gasteiger partial charge in [-0.3, -0.25) is 4.79 Å². The number of fused-ring (bicyclic) bond motifs is 5. The van der Waals surface area contributed by atoms with Crippen molar-refractivity contribution in [1.29, 1.82) is 0 Å². The highest BCUT2D eigenvalue weighted by Gasteiger charge is 2.64. The van der Waals surface area contributed by atoms with Gasteiger partial charge >= 0.3 is 0 Å². The Morgan fingerprint density at radius 2 is 1.66 bits per heavy atom. The SMILES string of the molecule is CC[C@H]1[C@@H](O)[C@@H]2[C@H](CC[C@]3(C)[C@@H]([C@H](C)CCCC(=O)CS(=O)(=O)Cc4ccccc4)CC[C@@H]23)[C@@]2(C)CC[C@@H](O)C[C@@H]12. The number of rotatable bonds is 10. The summed E-state index contributed by atoms with van der Waals surface area (Å²) in [7, 11) is -3.45. The normalized spacial score (nSPS) is 41.2. The molecule has 5 rings (SSSR count). The molecule has 1 aromatic carbocycles. The minimum Gasteiger partial charge on any atom is -0.393 e. The van der Waals surface area contributed by atoms with Crippen molar-refractivity contribution in [3.63, 3.8) is 0 Å². The van der Waals surface area contributed by atoms with E-state index in [1.165, 1.54) is 25.7 Å². The van der Waals surface area contributed by atoms with Gasteiger partial charge in [0.2, 0.25) is 0 Å². The molecule has 0 aromatic heterocycles. The fourth-order valence-corrected chi connectivity index (χ4v) is 12.4. The molecule has 230 valence electrons. The van der Waals surface area contributed by atoms with Crippen molar-refractivity contribution in [3.05, 3.63) is 35.9 Å². The summed E-state index contributed by atoms with van der Waals surface area (Å²) in [5, 5.41) is 22.4. The molecule has 11 atom stereocenters. The number of sulfone groups is 1. The van der Waals surface area contributed by atoms with E-state index >= 15 is 0 Å². The molecule has 6 heteroatoms. The second-order valence-corrected chi connectivity index (χ2v) is 17.1. The van der Waals surface area contributed by atoms with E-state index < -0.39 is 9.84 Å². The van der Waals surface area contributed by atoms with Crippen LogP contribution in [0.25, 0.3) is 0 Å². The number of aliphatic hydroxyl groups excluding tert-OH is 2. The maximum absolute atomic E-state index is 12.6. The van der Waals surface area contributed by atoms with E-state index in [0.717, 1.165) is 44.1 Å². The van der Waals surface area contributed by atoms with Crippen LogP contribution in [-0.2, 0) is 20.4 Å². The maximum atomic E-state index is 12.6. The second-order valence-electron chi connectivity index (χ2n) is 15.0. The van der Waals surface area contributed by atoms with Gasteiger partial charge in [0.15, 0.2) is 9.84 Å². The summed E-state index contributed by atoms with van der Waals surface area (Å²) >= 11 is 0. The lowest BCUT2D eigenvalue weighted by molar-refractivity contribution is -0.203. The number of aliphatic hydroxyl groups is 2. The Labute approximate surface area is 248 Å². The van der Waals surface area contributed by atoms with Crippen LogP contribution in [0.1, 0.15) is 104 Å². The Bertz CT molecular complexity index is 1170. The molecule has 2 N–H and O–H groups in total. The molecule has 5 nitrogen and oxygen atoms in total. The number of carbonyl (C=O) groups excluding carboxylic acids is 1. The summed E-state index contributed by atoms with van der Waals surface area (Å²) in [4.78, 5) is 12.6. The van der Waals surface area contributed by atoms with Crippen LogP contribution in [-0.4, -0.2) is 42.4 Å². The van der Waals surface area contributed by atoms with Gasteiger partial charge in [-0.1, -0.05) is 70.9 Å². The van der Waals surface area contributed by atoms with E-state index in [1.807, 2.05) is 18.2 Å². The number of carbonyl (C=O) groups is 1. The monoisotopic (exact) mass is 586 g/mol. The van der Waals surface area contributed by atoms with Gasteiger partial charge in [0.25, 0.3) is 0 Å². The molecular formula is C35H54O5S. The van der Waals surface area contributed by atoms with Crippen LogP contribution in [0.15, 0.2) is 30.3 Å². The van der Waals surface area contributed by atoms with Crippen LogP contribution in [0.3, 0.4) is 0 Å². The van der Waals surface area contributed by atoms with Gasteiger partial charge in [-0.2, -0.15) is 0 Å². The summed E-state index contributed by atoms with van der Waals surface area (Å²) in [5.41, 5.74) is 1.16. The van der Waals surface area contributed by atoms with Crippen molar-refractivity contribution in [2.45, 2.75) is 116 Å². The first-order chi connectivity index (χ1) is 19.4. The smallest absolute Gasteiger partial charge is 0.161 e. The van der Waals surface area contributed by atoms with Gasteiger partial charge in [0.05, 0.1) is 18.0 Å². The minimum atomic E-state index is -3.45. The van der Waals surface area contributed by atoms with Crippen LogP contribution >= 0.6 is 0 Å². The van der Waals surface area contributed by atoms with E-state index in [2.05, 4.69) is 27.7 Å². The summed E-state index contributed by atoms with van der Waals surface area (Å²) < 4.78 is 25.2. The van der Waals surface area contributed by atoms with E-state index in [-0.39, 0.29) is 46.2 Å². The number of Topliss-reactive ketones (excluding diaryl/α,β-unsaturated/α-hetero) is 1. The molecule has 0 unspecified atom stereocenters. The number of hydrogen-bond acceptors (Lipinski definition) is 5. The highest BCUT2D eigenvalue weighted by atomic mass is 32.2. The van der Waals surface area contributed by atoms with Crippen LogP contribution < -0.4 is 0 Å². The van der Waals surface area contributed by atoms with Crippen molar-refractivity contribution in [3.8, 4) is 0 Å². The zero-order valence-corrected chi connectivity index (χ0v) is 26.6. The highest BCUT2D eigenvalue weighted by Crippen LogP contribution is 2.69. The number of benzene rings is 1. The summed E-state index contributed by atoms with van der Waals surface area (Å²) in [6, 6.07) is 9.09. The molecule has 4 fully saturated rings. The Morgan fingerprint density at radius 1 is 0.976 bits per heavy atom. The Kier molecular flexibility index (Phi) is 9.16. The first-order valence-electron chi connectivity index (χ1n) is 16.5. The molecule has 0 heterocycles. The molecule has 0 amide bonds. The lowest BCUT2D eigenvalue weighted by atomic mass is 9.41. The topological polar surface area (TPSA) is 91.7 Å². The standard InChI is InChI=1S/C35H54O5S/c1-5-27-31-20-25(36)16-18-35(31,4)30-17-19-34(3)28(14-15-29(34)32(30)33(27)38)23(2)10-9-13-26(37)22-41(39,40)21-24-11-7-6-8-12-24/h6-8,11-12,23,25,27-33,36,38H,5,9-10,13-22H2,1-4H3/t23-,25-,27-,28-,29+,30+,31+,32+,33-,34-,35-/m1/s1. The van der Waals surface area contributed by atoms with Gasteiger partial charge in [0, 0.05) is 6.42 Å². The van der Waals surface area contributed by atoms with Crippen molar-refractivity contribution < 1.29 is 23.4 Å². The van der Waals surface area contributed by atoms with Crippen molar-refractivity contribution in [2.75, 3.05) is 5.75 Å². The van der Waals surface area contributed by atoms with Gasteiger partial charge in [0.1, 0.15) is 11.5 Å². The van der Waals surface area contributed by atoms with Gasteiger partial charge in [-0.15, -0.1) is 0 Å².